The van der Waals surface area contributed by atoms with Gasteiger partial charge in [-0.2, -0.15) is 0 Å². The molecule has 0 spiro atoms. The Labute approximate surface area is 243 Å². The highest BCUT2D eigenvalue weighted by Crippen LogP contribution is 2.35. The summed E-state index contributed by atoms with van der Waals surface area (Å²) in [6.07, 6.45) is 7.32. The fourth-order valence-electron chi connectivity index (χ4n) is 6.50. The molecule has 0 radical (unpaired) electrons. The minimum atomic E-state index is -0.565. The second-order valence-corrected chi connectivity index (χ2v) is 12.0. The van der Waals surface area contributed by atoms with Crippen LogP contribution in [0.1, 0.15) is 60.9 Å². The van der Waals surface area contributed by atoms with Crippen LogP contribution in [0, 0.1) is 17.8 Å². The Bertz CT molecular complexity index is 1180. The van der Waals surface area contributed by atoms with Crippen LogP contribution in [0.25, 0.3) is 0 Å². The molecule has 0 bridgehead atoms. The maximum Gasteiger partial charge on any atom is 0.254 e. The van der Waals surface area contributed by atoms with Crippen molar-refractivity contribution in [1.29, 1.82) is 0 Å². The van der Waals surface area contributed by atoms with E-state index in [9.17, 15) is 14.4 Å². The third kappa shape index (κ3) is 7.28. The fourth-order valence-corrected chi connectivity index (χ4v) is 6.50. The van der Waals surface area contributed by atoms with E-state index in [4.69, 9.17) is 10.5 Å². The van der Waals surface area contributed by atoms with E-state index in [1.165, 1.54) is 0 Å². The van der Waals surface area contributed by atoms with Gasteiger partial charge < -0.3 is 25.6 Å². The molecule has 220 valence electrons. The van der Waals surface area contributed by atoms with Gasteiger partial charge in [-0.3, -0.25) is 14.4 Å². The molecular weight excluding hydrogens is 516 g/mol. The van der Waals surface area contributed by atoms with Crippen LogP contribution in [0.2, 0.25) is 0 Å². The Kier molecular flexibility index (Phi) is 9.60. The lowest BCUT2D eigenvalue weighted by molar-refractivity contribution is -0.139. The highest BCUT2D eigenvalue weighted by Gasteiger charge is 2.46. The lowest BCUT2D eigenvalue weighted by atomic mass is 9.81. The molecule has 8 heteroatoms. The zero-order chi connectivity index (χ0) is 28.8. The summed E-state index contributed by atoms with van der Waals surface area (Å²) in [6.45, 7) is 2.19. The van der Waals surface area contributed by atoms with Crippen molar-refractivity contribution in [2.45, 2.75) is 63.5 Å². The summed E-state index contributed by atoms with van der Waals surface area (Å²) in [5, 5.41) is 3.18. The third-order valence-corrected chi connectivity index (χ3v) is 9.10. The molecule has 0 aromatic heterocycles. The van der Waals surface area contributed by atoms with Crippen molar-refractivity contribution in [2.75, 3.05) is 33.3 Å². The first kappa shape index (κ1) is 29.1. The van der Waals surface area contributed by atoms with Crippen molar-refractivity contribution in [2.24, 2.45) is 23.5 Å². The van der Waals surface area contributed by atoms with Crippen LogP contribution in [-0.2, 0) is 16.0 Å². The first-order valence-corrected chi connectivity index (χ1v) is 15.2. The summed E-state index contributed by atoms with van der Waals surface area (Å²) < 4.78 is 5.28. The van der Waals surface area contributed by atoms with Crippen LogP contribution in [0.3, 0.4) is 0 Å². The molecule has 2 aromatic carbocycles. The van der Waals surface area contributed by atoms with Gasteiger partial charge in [0.15, 0.2) is 0 Å². The summed E-state index contributed by atoms with van der Waals surface area (Å²) in [4.78, 5) is 44.5. The molecule has 3 N–H and O–H groups in total. The van der Waals surface area contributed by atoms with E-state index >= 15 is 0 Å². The Hall–Kier alpha value is -3.39. The van der Waals surface area contributed by atoms with E-state index < -0.39 is 6.04 Å². The van der Waals surface area contributed by atoms with Crippen molar-refractivity contribution < 1.29 is 19.1 Å². The molecule has 4 unspecified atom stereocenters. The smallest absolute Gasteiger partial charge is 0.254 e. The molecule has 41 heavy (non-hydrogen) atoms. The lowest BCUT2D eigenvalue weighted by Crippen LogP contribution is -2.47. The minimum absolute atomic E-state index is 0.00256. The van der Waals surface area contributed by atoms with Gasteiger partial charge in [-0.15, -0.1) is 0 Å². The predicted octanol–water partition coefficient (Wildman–Crippen LogP) is 3.64. The van der Waals surface area contributed by atoms with Gasteiger partial charge in [0.05, 0.1) is 13.2 Å². The highest BCUT2D eigenvalue weighted by molar-refractivity contribution is 5.95. The first-order chi connectivity index (χ1) is 20.0. The number of nitrogens with one attached hydrogen (secondary N) is 1. The highest BCUT2D eigenvalue weighted by atomic mass is 16.5. The SMILES string of the molecule is COc1ccc(C(=O)N(CCc2ccccc2)C2CC(C(=O)NCC3CCCC(CN)C3)N(C(=O)C3CC3)C2)cc1. The Morgan fingerprint density at radius 2 is 1.71 bits per heavy atom. The normalized spacial score (nSPS) is 24.1. The second-order valence-electron chi connectivity index (χ2n) is 12.0. The molecule has 1 aliphatic heterocycles. The Morgan fingerprint density at radius 1 is 0.976 bits per heavy atom. The monoisotopic (exact) mass is 560 g/mol. The molecular formula is C33H44N4O4. The van der Waals surface area contributed by atoms with Gasteiger partial charge >= 0.3 is 0 Å². The quantitative estimate of drug-likeness (QED) is 0.437. The van der Waals surface area contributed by atoms with Crippen molar-refractivity contribution in [3.63, 3.8) is 0 Å². The molecule has 8 nitrogen and oxygen atoms in total. The molecule has 1 heterocycles. The number of hydrogen-bond acceptors (Lipinski definition) is 5. The van der Waals surface area contributed by atoms with Gasteiger partial charge in [0, 0.05) is 31.1 Å². The summed E-state index contributed by atoms with van der Waals surface area (Å²) in [5.74, 6) is 1.49. The van der Waals surface area contributed by atoms with Crippen LogP contribution >= 0.6 is 0 Å². The topological polar surface area (TPSA) is 105 Å². The van der Waals surface area contributed by atoms with Crippen molar-refractivity contribution in [3.05, 3.63) is 65.7 Å². The van der Waals surface area contributed by atoms with Crippen molar-refractivity contribution >= 4 is 17.7 Å². The standard InChI is InChI=1S/C33H44N4O4/c1-41-29-14-12-27(13-15-29)32(39)36(17-16-23-6-3-2-4-7-23)28-19-30(37(22-28)33(40)26-10-11-26)31(38)35-21-25-9-5-8-24(18-25)20-34/h2-4,6-7,12-15,24-26,28,30H,5,8-11,16-22,34H2,1H3,(H,35,38). The van der Waals surface area contributed by atoms with Crippen molar-refractivity contribution in [1.82, 2.24) is 15.1 Å². The van der Waals surface area contributed by atoms with E-state index in [2.05, 4.69) is 17.4 Å². The summed E-state index contributed by atoms with van der Waals surface area (Å²) in [7, 11) is 1.60. The number of amides is 3. The molecule has 2 saturated carbocycles. The van der Waals surface area contributed by atoms with E-state index in [0.29, 0.717) is 62.2 Å². The van der Waals surface area contributed by atoms with Gasteiger partial charge in [0.25, 0.3) is 5.91 Å². The van der Waals surface area contributed by atoms with Gasteiger partial charge in [-0.05, 0) is 93.2 Å². The van der Waals surface area contributed by atoms with Gasteiger partial charge in [0.2, 0.25) is 11.8 Å². The number of methoxy groups -OCH3 is 1. The van der Waals surface area contributed by atoms with Gasteiger partial charge in [0.1, 0.15) is 11.8 Å². The number of rotatable bonds is 11. The van der Waals surface area contributed by atoms with E-state index in [-0.39, 0.29) is 29.7 Å². The lowest BCUT2D eigenvalue weighted by Gasteiger charge is -2.29. The number of nitrogens with two attached hydrogens (primary N) is 1. The number of nitrogens with zero attached hydrogens (tertiary/aromatic N) is 2. The van der Waals surface area contributed by atoms with Crippen LogP contribution in [0.4, 0.5) is 0 Å². The van der Waals surface area contributed by atoms with Crippen molar-refractivity contribution in [3.8, 4) is 5.75 Å². The third-order valence-electron chi connectivity index (χ3n) is 9.10. The molecule has 1 saturated heterocycles. The van der Waals surface area contributed by atoms with Crippen LogP contribution in [-0.4, -0.2) is 72.9 Å². The molecule has 2 aliphatic carbocycles. The summed E-state index contributed by atoms with van der Waals surface area (Å²) in [5.41, 5.74) is 7.63. The minimum Gasteiger partial charge on any atom is -0.497 e. The maximum absolute atomic E-state index is 13.9. The largest absolute Gasteiger partial charge is 0.497 e. The zero-order valence-corrected chi connectivity index (χ0v) is 24.2. The van der Waals surface area contributed by atoms with Crippen LogP contribution < -0.4 is 15.8 Å². The molecule has 3 amide bonds. The van der Waals surface area contributed by atoms with Crippen LogP contribution in [0.5, 0.6) is 5.75 Å². The molecule has 3 aliphatic rings. The van der Waals surface area contributed by atoms with E-state index in [0.717, 1.165) is 44.1 Å². The number of benzene rings is 2. The fraction of sp³-hybridized carbons (Fsp3) is 0.545. The maximum atomic E-state index is 13.9. The molecule has 4 atom stereocenters. The average molecular weight is 561 g/mol. The summed E-state index contributed by atoms with van der Waals surface area (Å²) >= 11 is 0. The number of carbonyl (C=O) groups is 3. The average Bonchev–Trinajstić information content (AvgIpc) is 3.78. The predicted molar refractivity (Wildman–Crippen MR) is 158 cm³/mol. The van der Waals surface area contributed by atoms with Gasteiger partial charge in [-0.1, -0.05) is 36.8 Å². The molecule has 2 aromatic rings. The number of carbonyl (C=O) groups excluding carboxylic acids is 3. The first-order valence-electron chi connectivity index (χ1n) is 15.2. The second kappa shape index (κ2) is 13.5. The van der Waals surface area contributed by atoms with E-state index in [1.54, 1.807) is 36.3 Å². The molecule has 3 fully saturated rings. The number of likely N-dealkylation sites (tertiary alicyclic amines) is 1. The van der Waals surface area contributed by atoms with Crippen LogP contribution in [0.15, 0.2) is 54.6 Å². The van der Waals surface area contributed by atoms with E-state index in [1.807, 2.05) is 23.1 Å². The summed E-state index contributed by atoms with van der Waals surface area (Å²) in [6, 6.07) is 16.4. The molecule has 5 rings (SSSR count). The number of hydrogen-bond donors (Lipinski definition) is 2. The zero-order valence-electron chi connectivity index (χ0n) is 24.2. The Morgan fingerprint density at radius 3 is 2.39 bits per heavy atom. The Balaban J connectivity index is 1.33. The number of ether oxygens (including phenoxy) is 1. The van der Waals surface area contributed by atoms with Gasteiger partial charge in [-0.25, -0.2) is 0 Å².